The fraction of sp³-hybridized carbons (Fsp3) is 0.684. The van der Waals surface area contributed by atoms with Crippen LogP contribution in [0.1, 0.15) is 40.2 Å². The molecule has 1 aliphatic heterocycles. The Bertz CT molecular complexity index is 468. The van der Waals surface area contributed by atoms with Gasteiger partial charge in [0.05, 0.1) is 13.2 Å². The van der Waals surface area contributed by atoms with Gasteiger partial charge in [0.2, 0.25) is 0 Å². The predicted octanol–water partition coefficient (Wildman–Crippen LogP) is 3.53. The molecule has 0 saturated heterocycles. The fourth-order valence-corrected chi connectivity index (χ4v) is 3.40. The number of nitrogens with zero attached hydrogens (tertiary/aromatic N) is 2. The smallest absolute Gasteiger partial charge is 0.0642 e. The van der Waals surface area contributed by atoms with Gasteiger partial charge in [-0.2, -0.15) is 0 Å². The highest BCUT2D eigenvalue weighted by Gasteiger charge is 2.41. The first kappa shape index (κ1) is 17.3. The Balaban J connectivity index is 1.86. The summed E-state index contributed by atoms with van der Waals surface area (Å²) in [6, 6.07) is 9.32. The average Bonchev–Trinajstić information content (AvgIpc) is 2.72. The Morgan fingerprint density at radius 1 is 1.14 bits per heavy atom. The molecule has 0 spiro atoms. The third kappa shape index (κ3) is 3.47. The monoisotopic (exact) mass is 304 g/mol. The molecule has 0 saturated carbocycles. The predicted molar refractivity (Wildman–Crippen MR) is 94.9 cm³/mol. The Hall–Kier alpha value is -1.06. The van der Waals surface area contributed by atoms with Gasteiger partial charge in [0, 0.05) is 30.2 Å². The van der Waals surface area contributed by atoms with Crippen LogP contribution in [-0.2, 0) is 10.2 Å². The minimum absolute atomic E-state index is 0.206. The molecule has 1 aromatic carbocycles. The number of hydrogen-bond donors (Lipinski definition) is 0. The SMILES string of the molecule is CCN(CC)CCOCCN1c2ccccc2C(C)(C)[C@H]1C. The lowest BCUT2D eigenvalue weighted by Crippen LogP contribution is -2.40. The summed E-state index contributed by atoms with van der Waals surface area (Å²) in [4.78, 5) is 4.91. The third-order valence-electron chi connectivity index (χ3n) is 5.34. The van der Waals surface area contributed by atoms with Crippen molar-refractivity contribution in [1.82, 2.24) is 4.90 Å². The standard InChI is InChI=1S/C19H32N2O/c1-6-20(7-2)12-14-22-15-13-21-16(3)19(4,5)17-10-8-9-11-18(17)21/h8-11,16H,6-7,12-15H2,1-5H3/t16-/m1/s1. The zero-order valence-corrected chi connectivity index (χ0v) is 14.9. The van der Waals surface area contributed by atoms with Crippen molar-refractivity contribution in [3.63, 3.8) is 0 Å². The molecule has 0 fully saturated rings. The molecule has 3 nitrogen and oxygen atoms in total. The lowest BCUT2D eigenvalue weighted by Gasteiger charge is -2.31. The number of ether oxygens (including phenoxy) is 1. The molecule has 1 aromatic rings. The quantitative estimate of drug-likeness (QED) is 0.683. The van der Waals surface area contributed by atoms with Crippen LogP contribution in [0.4, 0.5) is 5.69 Å². The second kappa shape index (κ2) is 7.47. The van der Waals surface area contributed by atoms with Crippen LogP contribution in [0.25, 0.3) is 0 Å². The van der Waals surface area contributed by atoms with E-state index >= 15 is 0 Å². The zero-order valence-electron chi connectivity index (χ0n) is 14.9. The largest absolute Gasteiger partial charge is 0.378 e. The maximum Gasteiger partial charge on any atom is 0.0642 e. The number of rotatable bonds is 8. The second-order valence-electron chi connectivity index (χ2n) is 6.75. The number of para-hydroxylation sites is 1. The van der Waals surface area contributed by atoms with Crippen LogP contribution in [0.15, 0.2) is 24.3 Å². The molecule has 2 rings (SSSR count). The van der Waals surface area contributed by atoms with Crippen molar-refractivity contribution < 1.29 is 4.74 Å². The van der Waals surface area contributed by atoms with Crippen molar-refractivity contribution in [2.45, 2.75) is 46.1 Å². The maximum atomic E-state index is 5.88. The average molecular weight is 304 g/mol. The Kier molecular flexibility index (Phi) is 5.87. The van der Waals surface area contributed by atoms with Crippen molar-refractivity contribution >= 4 is 5.69 Å². The van der Waals surface area contributed by atoms with Crippen LogP contribution < -0.4 is 4.90 Å². The first-order valence-corrected chi connectivity index (χ1v) is 8.68. The summed E-state index contributed by atoms with van der Waals surface area (Å²) in [6.07, 6.45) is 0. The molecule has 0 aromatic heterocycles. The number of hydrogen-bond acceptors (Lipinski definition) is 3. The molecule has 0 N–H and O–H groups in total. The van der Waals surface area contributed by atoms with E-state index < -0.39 is 0 Å². The van der Waals surface area contributed by atoms with E-state index in [1.807, 2.05) is 0 Å². The molecular formula is C19H32N2O. The lowest BCUT2D eigenvalue weighted by atomic mass is 9.81. The molecule has 0 aliphatic carbocycles. The van der Waals surface area contributed by atoms with Gasteiger partial charge in [-0.15, -0.1) is 0 Å². The van der Waals surface area contributed by atoms with Gasteiger partial charge < -0.3 is 14.5 Å². The molecule has 124 valence electrons. The molecule has 0 bridgehead atoms. The van der Waals surface area contributed by atoms with E-state index in [9.17, 15) is 0 Å². The molecule has 0 radical (unpaired) electrons. The molecule has 1 atom stereocenters. The van der Waals surface area contributed by atoms with Gasteiger partial charge in [-0.3, -0.25) is 0 Å². The summed E-state index contributed by atoms with van der Waals surface area (Å²) in [5, 5.41) is 0. The minimum atomic E-state index is 0.206. The molecule has 3 heteroatoms. The van der Waals surface area contributed by atoms with E-state index in [-0.39, 0.29) is 5.41 Å². The van der Waals surface area contributed by atoms with Crippen LogP contribution >= 0.6 is 0 Å². The van der Waals surface area contributed by atoms with E-state index in [0.29, 0.717) is 6.04 Å². The van der Waals surface area contributed by atoms with Gasteiger partial charge in [0.25, 0.3) is 0 Å². The minimum Gasteiger partial charge on any atom is -0.378 e. The van der Waals surface area contributed by atoms with E-state index in [1.165, 1.54) is 11.3 Å². The fourth-order valence-electron chi connectivity index (χ4n) is 3.40. The summed E-state index contributed by atoms with van der Waals surface area (Å²) in [5.74, 6) is 0. The van der Waals surface area contributed by atoms with E-state index in [0.717, 1.165) is 39.4 Å². The van der Waals surface area contributed by atoms with Gasteiger partial charge >= 0.3 is 0 Å². The molecule has 22 heavy (non-hydrogen) atoms. The molecule has 1 aliphatic rings. The van der Waals surface area contributed by atoms with Crippen molar-refractivity contribution in [2.24, 2.45) is 0 Å². The Morgan fingerprint density at radius 2 is 1.82 bits per heavy atom. The van der Waals surface area contributed by atoms with Crippen LogP contribution in [0.3, 0.4) is 0 Å². The van der Waals surface area contributed by atoms with Gasteiger partial charge in [-0.05, 0) is 31.6 Å². The second-order valence-corrected chi connectivity index (χ2v) is 6.75. The Labute approximate surface area is 136 Å². The molecule has 0 amide bonds. The van der Waals surface area contributed by atoms with Crippen molar-refractivity contribution in [3.8, 4) is 0 Å². The number of likely N-dealkylation sites (N-methyl/N-ethyl adjacent to an activating group) is 1. The van der Waals surface area contributed by atoms with Crippen LogP contribution in [0, 0.1) is 0 Å². The van der Waals surface area contributed by atoms with Crippen LogP contribution in [0.2, 0.25) is 0 Å². The zero-order chi connectivity index (χ0) is 16.2. The van der Waals surface area contributed by atoms with E-state index in [1.54, 1.807) is 0 Å². The number of fused-ring (bicyclic) bond motifs is 1. The third-order valence-corrected chi connectivity index (χ3v) is 5.34. The topological polar surface area (TPSA) is 15.7 Å². The number of anilines is 1. The molecular weight excluding hydrogens is 272 g/mol. The highest BCUT2D eigenvalue weighted by Crippen LogP contribution is 2.44. The first-order chi connectivity index (χ1) is 10.5. The van der Waals surface area contributed by atoms with Crippen molar-refractivity contribution in [3.05, 3.63) is 29.8 Å². The summed E-state index contributed by atoms with van der Waals surface area (Å²) in [7, 11) is 0. The van der Waals surface area contributed by atoms with Crippen LogP contribution in [0.5, 0.6) is 0 Å². The van der Waals surface area contributed by atoms with Gasteiger partial charge in [0.15, 0.2) is 0 Å². The van der Waals surface area contributed by atoms with Crippen molar-refractivity contribution in [2.75, 3.05) is 44.3 Å². The highest BCUT2D eigenvalue weighted by molar-refractivity contribution is 5.63. The summed E-state index contributed by atoms with van der Waals surface area (Å²) >= 11 is 0. The summed E-state index contributed by atoms with van der Waals surface area (Å²) in [6.45, 7) is 17.3. The molecule has 0 unspecified atom stereocenters. The van der Waals surface area contributed by atoms with Gasteiger partial charge in [-0.1, -0.05) is 45.9 Å². The van der Waals surface area contributed by atoms with Gasteiger partial charge in [-0.25, -0.2) is 0 Å². The number of benzene rings is 1. The molecule has 1 heterocycles. The maximum absolute atomic E-state index is 5.88. The van der Waals surface area contributed by atoms with Crippen LogP contribution in [-0.4, -0.2) is 50.3 Å². The summed E-state index contributed by atoms with van der Waals surface area (Å²) in [5.41, 5.74) is 3.05. The van der Waals surface area contributed by atoms with Crippen molar-refractivity contribution in [1.29, 1.82) is 0 Å². The highest BCUT2D eigenvalue weighted by atomic mass is 16.5. The van der Waals surface area contributed by atoms with E-state index in [4.69, 9.17) is 4.74 Å². The van der Waals surface area contributed by atoms with Gasteiger partial charge in [0.1, 0.15) is 0 Å². The van der Waals surface area contributed by atoms with E-state index in [2.05, 4.69) is 68.7 Å². The first-order valence-electron chi connectivity index (χ1n) is 8.68. The lowest BCUT2D eigenvalue weighted by molar-refractivity contribution is 0.110. The summed E-state index contributed by atoms with van der Waals surface area (Å²) < 4.78 is 5.88. The Morgan fingerprint density at radius 3 is 2.50 bits per heavy atom. The normalized spacial score (nSPS) is 19.7.